The molecule has 1 N–H and O–H groups in total. The van der Waals surface area contributed by atoms with Crippen LogP contribution in [0.2, 0.25) is 0 Å². The third-order valence-corrected chi connectivity index (χ3v) is 5.23. The summed E-state index contributed by atoms with van der Waals surface area (Å²) in [6, 6.07) is 12.3. The largest absolute Gasteiger partial charge is 0.378 e. The van der Waals surface area contributed by atoms with Gasteiger partial charge in [0.25, 0.3) is 0 Å². The molecule has 1 fully saturated rings. The summed E-state index contributed by atoms with van der Waals surface area (Å²) in [7, 11) is 3.93. The van der Waals surface area contributed by atoms with Crippen molar-refractivity contribution in [2.75, 3.05) is 55.5 Å². The average Bonchev–Trinajstić information content (AvgIpc) is 3.23. The maximum absolute atomic E-state index is 5.43. The van der Waals surface area contributed by atoms with E-state index in [9.17, 15) is 0 Å². The van der Waals surface area contributed by atoms with Crippen LogP contribution >= 0.6 is 0 Å². The molecule has 0 amide bonds. The normalized spacial score (nSPS) is 14.1. The zero-order chi connectivity index (χ0) is 21.2. The molecule has 1 aliphatic heterocycles. The molecule has 31 heavy (non-hydrogen) atoms. The van der Waals surface area contributed by atoms with Gasteiger partial charge < -0.3 is 19.9 Å². The summed E-state index contributed by atoms with van der Waals surface area (Å²) in [4.78, 5) is 17.9. The van der Waals surface area contributed by atoms with E-state index in [2.05, 4.69) is 42.4 Å². The summed E-state index contributed by atoms with van der Waals surface area (Å²) in [6.45, 7) is 3.38. The van der Waals surface area contributed by atoms with Crippen LogP contribution in [0.5, 0.6) is 0 Å². The van der Waals surface area contributed by atoms with Crippen molar-refractivity contribution in [1.29, 1.82) is 0 Å². The van der Waals surface area contributed by atoms with Crippen LogP contribution in [0.1, 0.15) is 0 Å². The van der Waals surface area contributed by atoms with Crippen LogP contribution in [0.4, 0.5) is 23.1 Å². The van der Waals surface area contributed by atoms with Crippen LogP contribution in [0.3, 0.4) is 0 Å². The lowest BCUT2D eigenvalue weighted by molar-refractivity contribution is 0.122. The summed E-state index contributed by atoms with van der Waals surface area (Å²) in [5.74, 6) is 1.41. The molecule has 0 spiro atoms. The first-order valence-corrected chi connectivity index (χ1v) is 10.2. The van der Waals surface area contributed by atoms with E-state index in [4.69, 9.17) is 4.74 Å². The maximum atomic E-state index is 5.43. The molecule has 1 saturated heterocycles. The monoisotopic (exact) mass is 416 g/mol. The van der Waals surface area contributed by atoms with E-state index in [-0.39, 0.29) is 0 Å². The molecule has 3 aromatic heterocycles. The fourth-order valence-electron chi connectivity index (χ4n) is 3.57. The highest BCUT2D eigenvalue weighted by Gasteiger charge is 2.13. The van der Waals surface area contributed by atoms with Crippen LogP contribution in [-0.2, 0) is 4.74 Å². The van der Waals surface area contributed by atoms with Crippen molar-refractivity contribution in [2.45, 2.75) is 0 Å². The minimum Gasteiger partial charge on any atom is -0.378 e. The predicted octanol–water partition coefficient (Wildman–Crippen LogP) is 2.83. The number of aromatic nitrogens is 5. The third kappa shape index (κ3) is 3.99. The molecule has 1 aliphatic rings. The molecule has 0 unspecified atom stereocenters. The second kappa shape index (κ2) is 8.19. The topological polar surface area (TPSA) is 83.7 Å². The van der Waals surface area contributed by atoms with Crippen LogP contribution in [0.25, 0.3) is 16.9 Å². The number of benzene rings is 1. The quantitative estimate of drug-likeness (QED) is 0.532. The molecule has 1 aromatic carbocycles. The molecule has 0 saturated carbocycles. The first kappa shape index (κ1) is 19.3. The standard InChI is InChI=1S/C22H24N8O/c1-28(2)19-8-3-16(15-24-19)20-21-26-22(27-30(21)10-9-23-20)25-17-4-6-18(7-5-17)29-11-13-31-14-12-29/h3-10,15H,11-14H2,1-2H3,(H,25,27). The number of nitrogens with one attached hydrogen (secondary N) is 1. The van der Waals surface area contributed by atoms with Gasteiger partial charge in [0, 0.05) is 62.7 Å². The first-order valence-electron chi connectivity index (χ1n) is 10.2. The molecule has 0 radical (unpaired) electrons. The minimum absolute atomic E-state index is 0.520. The van der Waals surface area contributed by atoms with Gasteiger partial charge in [0.15, 0.2) is 5.65 Å². The van der Waals surface area contributed by atoms with Crippen molar-refractivity contribution in [2.24, 2.45) is 0 Å². The van der Waals surface area contributed by atoms with Gasteiger partial charge in [-0.25, -0.2) is 9.50 Å². The number of morpholine rings is 1. The lowest BCUT2D eigenvalue weighted by Crippen LogP contribution is -2.36. The number of ether oxygens (including phenoxy) is 1. The highest BCUT2D eigenvalue weighted by molar-refractivity contribution is 5.74. The van der Waals surface area contributed by atoms with Gasteiger partial charge in [-0.2, -0.15) is 4.98 Å². The van der Waals surface area contributed by atoms with E-state index in [1.807, 2.05) is 49.5 Å². The Morgan fingerprint density at radius 3 is 2.52 bits per heavy atom. The molecule has 4 heterocycles. The minimum atomic E-state index is 0.520. The fraction of sp³-hybridized carbons (Fsp3) is 0.273. The Hall–Kier alpha value is -3.72. The van der Waals surface area contributed by atoms with E-state index < -0.39 is 0 Å². The van der Waals surface area contributed by atoms with Gasteiger partial charge in [-0.05, 0) is 36.4 Å². The van der Waals surface area contributed by atoms with Crippen LogP contribution in [-0.4, -0.2) is 65.0 Å². The highest BCUT2D eigenvalue weighted by Crippen LogP contribution is 2.24. The van der Waals surface area contributed by atoms with E-state index >= 15 is 0 Å². The SMILES string of the molecule is CN(C)c1ccc(-c2nccn3nc(Nc4ccc(N5CCOCC5)cc4)nc23)cn1. The lowest BCUT2D eigenvalue weighted by Gasteiger charge is -2.28. The van der Waals surface area contributed by atoms with Crippen molar-refractivity contribution in [3.8, 4) is 11.3 Å². The molecule has 0 bridgehead atoms. The maximum Gasteiger partial charge on any atom is 0.247 e. The third-order valence-electron chi connectivity index (χ3n) is 5.23. The summed E-state index contributed by atoms with van der Waals surface area (Å²) in [5, 5.41) is 7.84. The predicted molar refractivity (Wildman–Crippen MR) is 121 cm³/mol. The average molecular weight is 416 g/mol. The number of rotatable bonds is 5. The van der Waals surface area contributed by atoms with Gasteiger partial charge >= 0.3 is 0 Å². The molecule has 4 aromatic rings. The van der Waals surface area contributed by atoms with Gasteiger partial charge in [0.1, 0.15) is 11.5 Å². The summed E-state index contributed by atoms with van der Waals surface area (Å²) >= 11 is 0. The molecular formula is C22H24N8O. The Kier molecular flexibility index (Phi) is 5.09. The number of fused-ring (bicyclic) bond motifs is 1. The molecule has 5 rings (SSSR count). The number of pyridine rings is 1. The molecule has 9 heteroatoms. The van der Waals surface area contributed by atoms with Gasteiger partial charge in [-0.3, -0.25) is 4.98 Å². The fourth-order valence-corrected chi connectivity index (χ4v) is 3.57. The van der Waals surface area contributed by atoms with Gasteiger partial charge in [-0.15, -0.1) is 5.10 Å². The van der Waals surface area contributed by atoms with E-state index in [1.165, 1.54) is 5.69 Å². The van der Waals surface area contributed by atoms with E-state index in [1.54, 1.807) is 16.9 Å². The number of hydrogen-bond acceptors (Lipinski definition) is 8. The molecule has 158 valence electrons. The number of nitrogens with zero attached hydrogens (tertiary/aromatic N) is 7. The molecule has 9 nitrogen and oxygen atoms in total. The second-order valence-electron chi connectivity index (χ2n) is 7.55. The van der Waals surface area contributed by atoms with Gasteiger partial charge in [0.05, 0.1) is 13.2 Å². The zero-order valence-corrected chi connectivity index (χ0v) is 17.6. The Labute approximate surface area is 180 Å². The lowest BCUT2D eigenvalue weighted by atomic mass is 10.2. The smallest absolute Gasteiger partial charge is 0.247 e. The second-order valence-corrected chi connectivity index (χ2v) is 7.55. The Bertz CT molecular complexity index is 1160. The summed E-state index contributed by atoms with van der Waals surface area (Å²) < 4.78 is 7.16. The highest BCUT2D eigenvalue weighted by atomic mass is 16.5. The first-order chi connectivity index (χ1) is 15.2. The van der Waals surface area contributed by atoms with Crippen molar-refractivity contribution >= 4 is 28.8 Å². The Balaban J connectivity index is 1.38. The van der Waals surface area contributed by atoms with Crippen molar-refractivity contribution in [3.05, 3.63) is 55.0 Å². The summed E-state index contributed by atoms with van der Waals surface area (Å²) in [5.41, 5.74) is 4.43. The van der Waals surface area contributed by atoms with E-state index in [0.717, 1.165) is 49.1 Å². The summed E-state index contributed by atoms with van der Waals surface area (Å²) in [6.07, 6.45) is 5.32. The number of anilines is 4. The van der Waals surface area contributed by atoms with Crippen LogP contribution in [0.15, 0.2) is 55.0 Å². The van der Waals surface area contributed by atoms with E-state index in [0.29, 0.717) is 11.6 Å². The molecular weight excluding hydrogens is 392 g/mol. The van der Waals surface area contributed by atoms with Crippen LogP contribution in [0, 0.1) is 0 Å². The van der Waals surface area contributed by atoms with Gasteiger partial charge in [-0.1, -0.05) is 0 Å². The van der Waals surface area contributed by atoms with Crippen LogP contribution < -0.4 is 15.1 Å². The van der Waals surface area contributed by atoms with Crippen molar-refractivity contribution < 1.29 is 4.74 Å². The Morgan fingerprint density at radius 2 is 1.81 bits per heavy atom. The van der Waals surface area contributed by atoms with Crippen molar-refractivity contribution in [1.82, 2.24) is 24.6 Å². The van der Waals surface area contributed by atoms with Gasteiger partial charge in [0.2, 0.25) is 5.95 Å². The molecule has 0 atom stereocenters. The Morgan fingerprint density at radius 1 is 1.00 bits per heavy atom. The molecule has 0 aliphatic carbocycles. The zero-order valence-electron chi connectivity index (χ0n) is 17.6. The van der Waals surface area contributed by atoms with Crippen molar-refractivity contribution in [3.63, 3.8) is 0 Å². The number of hydrogen-bond donors (Lipinski definition) is 1.